The van der Waals surface area contributed by atoms with E-state index in [2.05, 4.69) is 5.43 Å². The van der Waals surface area contributed by atoms with E-state index in [4.69, 9.17) is 15.3 Å². The zero-order valence-corrected chi connectivity index (χ0v) is 12.1. The van der Waals surface area contributed by atoms with Gasteiger partial charge in [0.25, 0.3) is 5.91 Å². The Labute approximate surface area is 121 Å². The first kappa shape index (κ1) is 14.4. The quantitative estimate of drug-likeness (QED) is 0.503. The van der Waals surface area contributed by atoms with E-state index in [9.17, 15) is 4.79 Å². The molecule has 2 aromatic rings. The number of carbonyl (C=O) groups is 1. The number of ether oxygens (including phenoxy) is 2. The maximum absolute atomic E-state index is 11.5. The molecule has 0 aliphatic rings. The van der Waals surface area contributed by atoms with Crippen LogP contribution in [0.25, 0.3) is 0 Å². The largest absolute Gasteiger partial charge is 0.493 e. The molecule has 1 heterocycles. The van der Waals surface area contributed by atoms with Gasteiger partial charge in [0.1, 0.15) is 6.61 Å². The monoisotopic (exact) mass is 292 g/mol. The SMILES string of the molecule is COc1ccccc1OCc1cc(C(=O)NN)sc1C. The van der Waals surface area contributed by atoms with Gasteiger partial charge in [-0.3, -0.25) is 10.2 Å². The Morgan fingerprint density at radius 1 is 1.35 bits per heavy atom. The lowest BCUT2D eigenvalue weighted by Crippen LogP contribution is -2.29. The van der Waals surface area contributed by atoms with Gasteiger partial charge in [-0.15, -0.1) is 11.3 Å². The highest BCUT2D eigenvalue weighted by Crippen LogP contribution is 2.28. The summed E-state index contributed by atoms with van der Waals surface area (Å²) in [4.78, 5) is 13.1. The second-order valence-electron chi connectivity index (χ2n) is 4.11. The molecule has 0 aliphatic carbocycles. The van der Waals surface area contributed by atoms with E-state index in [-0.39, 0.29) is 5.91 Å². The molecule has 0 saturated heterocycles. The number of para-hydroxylation sites is 2. The van der Waals surface area contributed by atoms with Crippen LogP contribution in [0.4, 0.5) is 0 Å². The summed E-state index contributed by atoms with van der Waals surface area (Å²) in [5.41, 5.74) is 3.08. The zero-order valence-electron chi connectivity index (χ0n) is 11.3. The molecule has 6 heteroatoms. The van der Waals surface area contributed by atoms with Crippen LogP contribution in [-0.4, -0.2) is 13.0 Å². The first-order valence-corrected chi connectivity index (χ1v) is 6.83. The summed E-state index contributed by atoms with van der Waals surface area (Å²) in [6, 6.07) is 9.23. The number of aryl methyl sites for hydroxylation is 1. The van der Waals surface area contributed by atoms with Gasteiger partial charge in [0.05, 0.1) is 12.0 Å². The Morgan fingerprint density at radius 3 is 2.70 bits per heavy atom. The molecule has 3 N–H and O–H groups in total. The van der Waals surface area contributed by atoms with Crippen molar-refractivity contribution in [3.05, 3.63) is 45.6 Å². The van der Waals surface area contributed by atoms with Crippen molar-refractivity contribution in [2.24, 2.45) is 5.84 Å². The Bertz CT molecular complexity index is 610. The van der Waals surface area contributed by atoms with E-state index in [1.807, 2.05) is 31.2 Å². The standard InChI is InChI=1S/C14H16N2O3S/c1-9-10(7-13(20-9)14(17)16-15)8-19-12-6-4-3-5-11(12)18-2/h3-7H,8,15H2,1-2H3,(H,16,17). The van der Waals surface area contributed by atoms with Crippen LogP contribution in [0.1, 0.15) is 20.1 Å². The van der Waals surface area contributed by atoms with Gasteiger partial charge in [-0.25, -0.2) is 5.84 Å². The number of hydrogen-bond acceptors (Lipinski definition) is 5. The van der Waals surface area contributed by atoms with Crippen LogP contribution in [-0.2, 0) is 6.61 Å². The summed E-state index contributed by atoms with van der Waals surface area (Å²) in [7, 11) is 1.60. The maximum atomic E-state index is 11.5. The van der Waals surface area contributed by atoms with Gasteiger partial charge >= 0.3 is 0 Å². The molecule has 20 heavy (non-hydrogen) atoms. The number of rotatable bonds is 5. The van der Waals surface area contributed by atoms with E-state index >= 15 is 0 Å². The van der Waals surface area contributed by atoms with E-state index in [0.29, 0.717) is 23.0 Å². The minimum Gasteiger partial charge on any atom is -0.493 e. The Morgan fingerprint density at radius 2 is 2.05 bits per heavy atom. The minimum absolute atomic E-state index is 0.290. The van der Waals surface area contributed by atoms with E-state index in [0.717, 1.165) is 10.4 Å². The lowest BCUT2D eigenvalue weighted by atomic mass is 10.2. The first-order chi connectivity index (χ1) is 9.65. The average molecular weight is 292 g/mol. The van der Waals surface area contributed by atoms with E-state index in [1.54, 1.807) is 13.2 Å². The van der Waals surface area contributed by atoms with E-state index < -0.39 is 0 Å². The van der Waals surface area contributed by atoms with Crippen LogP contribution >= 0.6 is 11.3 Å². The third-order valence-electron chi connectivity index (χ3n) is 2.83. The number of benzene rings is 1. The second-order valence-corrected chi connectivity index (χ2v) is 5.36. The highest BCUT2D eigenvalue weighted by Gasteiger charge is 2.12. The van der Waals surface area contributed by atoms with Gasteiger partial charge in [0, 0.05) is 10.4 Å². The summed E-state index contributed by atoms with van der Waals surface area (Å²) in [5.74, 6) is 6.19. The Kier molecular flexibility index (Phi) is 4.60. The Hall–Kier alpha value is -2.05. The van der Waals surface area contributed by atoms with Crippen molar-refractivity contribution in [3.63, 3.8) is 0 Å². The number of methoxy groups -OCH3 is 1. The number of hydrazine groups is 1. The van der Waals surface area contributed by atoms with Crippen molar-refractivity contribution < 1.29 is 14.3 Å². The third kappa shape index (κ3) is 3.09. The molecule has 0 spiro atoms. The normalized spacial score (nSPS) is 10.2. The molecule has 5 nitrogen and oxygen atoms in total. The number of nitrogens with two attached hydrogens (primary N) is 1. The fraction of sp³-hybridized carbons (Fsp3) is 0.214. The van der Waals surface area contributed by atoms with Crippen LogP contribution in [0.2, 0.25) is 0 Å². The van der Waals surface area contributed by atoms with Gasteiger partial charge in [0.15, 0.2) is 11.5 Å². The zero-order chi connectivity index (χ0) is 14.5. The van der Waals surface area contributed by atoms with Crippen molar-refractivity contribution in [1.82, 2.24) is 5.43 Å². The number of hydrogen-bond donors (Lipinski definition) is 2. The summed E-state index contributed by atoms with van der Waals surface area (Å²) < 4.78 is 11.0. The lowest BCUT2D eigenvalue weighted by Gasteiger charge is -2.09. The Balaban J connectivity index is 2.11. The molecule has 0 radical (unpaired) electrons. The fourth-order valence-electron chi connectivity index (χ4n) is 1.74. The molecule has 106 valence electrons. The topological polar surface area (TPSA) is 73.6 Å². The number of amides is 1. The number of nitrogen functional groups attached to an aromatic ring is 1. The van der Waals surface area contributed by atoms with Crippen molar-refractivity contribution in [2.45, 2.75) is 13.5 Å². The highest BCUT2D eigenvalue weighted by atomic mass is 32.1. The number of carbonyl (C=O) groups excluding carboxylic acids is 1. The summed E-state index contributed by atoms with van der Waals surface area (Å²) in [6.45, 7) is 2.32. The van der Waals surface area contributed by atoms with Crippen molar-refractivity contribution in [3.8, 4) is 11.5 Å². The molecule has 1 aromatic heterocycles. The molecule has 0 atom stereocenters. The molecule has 0 aliphatic heterocycles. The van der Waals surface area contributed by atoms with Crippen molar-refractivity contribution in [2.75, 3.05) is 7.11 Å². The summed E-state index contributed by atoms with van der Waals surface area (Å²) in [5, 5.41) is 0. The molecular weight excluding hydrogens is 276 g/mol. The van der Waals surface area contributed by atoms with Crippen molar-refractivity contribution in [1.29, 1.82) is 0 Å². The molecule has 0 fully saturated rings. The van der Waals surface area contributed by atoms with Gasteiger partial charge < -0.3 is 9.47 Å². The third-order valence-corrected chi connectivity index (χ3v) is 3.92. The number of nitrogens with one attached hydrogen (secondary N) is 1. The van der Waals surface area contributed by atoms with Gasteiger partial charge in [-0.2, -0.15) is 0 Å². The van der Waals surface area contributed by atoms with E-state index in [1.165, 1.54) is 11.3 Å². The molecule has 0 saturated carbocycles. The predicted octanol–water partition coefficient (Wildman–Crippen LogP) is 2.25. The van der Waals surface area contributed by atoms with Crippen LogP contribution in [0.3, 0.4) is 0 Å². The van der Waals surface area contributed by atoms with Crippen LogP contribution < -0.4 is 20.7 Å². The molecule has 0 unspecified atom stereocenters. The average Bonchev–Trinajstić information content (AvgIpc) is 2.85. The molecule has 1 aromatic carbocycles. The summed E-state index contributed by atoms with van der Waals surface area (Å²) in [6.07, 6.45) is 0. The lowest BCUT2D eigenvalue weighted by molar-refractivity contribution is 0.0957. The van der Waals surface area contributed by atoms with Crippen LogP contribution in [0.5, 0.6) is 11.5 Å². The fourth-order valence-corrected chi connectivity index (χ4v) is 2.67. The smallest absolute Gasteiger partial charge is 0.275 e. The minimum atomic E-state index is -0.290. The predicted molar refractivity (Wildman–Crippen MR) is 78.0 cm³/mol. The molecule has 2 rings (SSSR count). The van der Waals surface area contributed by atoms with Gasteiger partial charge in [-0.05, 0) is 25.1 Å². The van der Waals surface area contributed by atoms with Gasteiger partial charge in [-0.1, -0.05) is 12.1 Å². The number of thiophene rings is 1. The molecular formula is C14H16N2O3S. The molecule has 0 bridgehead atoms. The highest BCUT2D eigenvalue weighted by molar-refractivity contribution is 7.14. The van der Waals surface area contributed by atoms with Crippen LogP contribution in [0.15, 0.2) is 30.3 Å². The second kappa shape index (κ2) is 6.40. The first-order valence-electron chi connectivity index (χ1n) is 6.01. The maximum Gasteiger partial charge on any atom is 0.275 e. The summed E-state index contributed by atoms with van der Waals surface area (Å²) >= 11 is 1.39. The molecule has 1 amide bonds. The van der Waals surface area contributed by atoms with Gasteiger partial charge in [0.2, 0.25) is 0 Å². The van der Waals surface area contributed by atoms with Crippen LogP contribution in [0, 0.1) is 6.92 Å². The van der Waals surface area contributed by atoms with Crippen molar-refractivity contribution >= 4 is 17.2 Å².